The van der Waals surface area contributed by atoms with E-state index in [2.05, 4.69) is 9.98 Å². The van der Waals surface area contributed by atoms with E-state index in [9.17, 15) is 27.5 Å². The van der Waals surface area contributed by atoms with Crippen LogP contribution < -0.4 is 10.3 Å². The second-order valence-corrected chi connectivity index (χ2v) is 7.83. The number of aromatic nitrogens is 1. The lowest BCUT2D eigenvalue weighted by Gasteiger charge is -2.31. The van der Waals surface area contributed by atoms with E-state index in [1.807, 2.05) is 0 Å². The molecule has 1 heterocycles. The summed E-state index contributed by atoms with van der Waals surface area (Å²) >= 11 is 0. The number of benzene rings is 2. The lowest BCUT2D eigenvalue weighted by molar-refractivity contribution is -0.232. The Hall–Kier alpha value is -3.20. The van der Waals surface area contributed by atoms with Crippen LogP contribution in [-0.4, -0.2) is 35.2 Å². The van der Waals surface area contributed by atoms with Crippen molar-refractivity contribution in [1.29, 1.82) is 0 Å². The molecule has 1 aromatic heterocycles. The first-order valence-electron chi connectivity index (χ1n) is 10.3. The van der Waals surface area contributed by atoms with Crippen LogP contribution in [0.3, 0.4) is 0 Å². The number of hydrogen-bond acceptors (Lipinski definition) is 4. The summed E-state index contributed by atoms with van der Waals surface area (Å²) in [5.74, 6) is -1.19. The van der Waals surface area contributed by atoms with Crippen molar-refractivity contribution in [3.05, 3.63) is 69.9 Å². The molecule has 33 heavy (non-hydrogen) atoms. The van der Waals surface area contributed by atoms with E-state index in [1.54, 1.807) is 6.92 Å². The first-order valence-corrected chi connectivity index (χ1v) is 10.3. The largest absolute Gasteiger partial charge is 0.496 e. The van der Waals surface area contributed by atoms with E-state index in [1.165, 1.54) is 56.6 Å². The first kappa shape index (κ1) is 24.4. The molecule has 2 N–H and O–H groups in total. The molecule has 0 unspecified atom stereocenters. The lowest BCUT2D eigenvalue weighted by atomic mass is 9.83. The second kappa shape index (κ2) is 9.35. The fourth-order valence-corrected chi connectivity index (χ4v) is 3.87. The number of aromatic amines is 1. The molecule has 9 heteroatoms. The minimum absolute atomic E-state index is 0.115. The van der Waals surface area contributed by atoms with Crippen molar-refractivity contribution in [3.63, 3.8) is 0 Å². The van der Waals surface area contributed by atoms with Gasteiger partial charge in [-0.1, -0.05) is 19.1 Å². The number of hydrogen-bond donors (Lipinski definition) is 2. The maximum Gasteiger partial charge on any atom is 0.422 e. The molecule has 0 amide bonds. The summed E-state index contributed by atoms with van der Waals surface area (Å²) in [7, 11) is 1.32. The number of alkyl halides is 3. The number of halogens is 4. The third-order valence-electron chi connectivity index (χ3n) is 5.76. The number of aliphatic imine (C=N–C) groups is 1. The molecule has 3 aromatic rings. The van der Waals surface area contributed by atoms with E-state index >= 15 is 0 Å². The minimum atomic E-state index is -5.03. The van der Waals surface area contributed by atoms with Gasteiger partial charge in [-0.15, -0.1) is 0 Å². The number of aliphatic hydroxyl groups is 1. The number of methoxy groups -OCH3 is 1. The Kier molecular flexibility index (Phi) is 6.92. The van der Waals surface area contributed by atoms with Crippen molar-refractivity contribution in [2.24, 2.45) is 4.99 Å². The number of rotatable bonds is 7. The molecule has 0 aliphatic heterocycles. The Morgan fingerprint density at radius 3 is 2.55 bits per heavy atom. The molecular formula is C24H24F4N2O3. The molecule has 176 valence electrons. The number of nitrogens with one attached hydrogen (secondary N) is 1. The van der Waals surface area contributed by atoms with Gasteiger partial charge in [-0.2, -0.15) is 13.2 Å². The van der Waals surface area contributed by atoms with E-state index in [-0.39, 0.29) is 28.8 Å². The predicted molar refractivity (Wildman–Crippen MR) is 119 cm³/mol. The Bertz CT molecular complexity index is 1240. The highest BCUT2D eigenvalue weighted by molar-refractivity contribution is 5.93. The molecule has 0 aliphatic rings. The van der Waals surface area contributed by atoms with Crippen molar-refractivity contribution < 1.29 is 27.4 Å². The summed E-state index contributed by atoms with van der Waals surface area (Å²) in [6, 6.07) is 8.55. The molecule has 5 nitrogen and oxygen atoms in total. The molecule has 0 aliphatic carbocycles. The standard InChI is InChI=1S/C24H24F4N2O3/c1-4-15(16-8-9-19(25)14(2)21(16)33-3)12-23(32,24(26,27)28)13-30-20-7-5-6-18-17(20)10-11-29-22(18)31/h5-11,13,15,32H,4,12H2,1-3H3,(H,29,31)/t15-,23-/m1/s1. The van der Waals surface area contributed by atoms with Crippen molar-refractivity contribution in [2.75, 3.05) is 7.11 Å². The highest BCUT2D eigenvalue weighted by atomic mass is 19.4. The van der Waals surface area contributed by atoms with Gasteiger partial charge in [0.1, 0.15) is 11.6 Å². The third-order valence-corrected chi connectivity index (χ3v) is 5.76. The summed E-state index contributed by atoms with van der Waals surface area (Å²) in [6.07, 6.45) is -3.71. The maximum absolute atomic E-state index is 14.0. The summed E-state index contributed by atoms with van der Waals surface area (Å²) < 4.78 is 61.3. The third kappa shape index (κ3) is 4.78. The second-order valence-electron chi connectivity index (χ2n) is 7.83. The van der Waals surface area contributed by atoms with Gasteiger partial charge in [0.25, 0.3) is 5.56 Å². The fourth-order valence-electron chi connectivity index (χ4n) is 3.87. The quantitative estimate of drug-likeness (QED) is 0.355. The predicted octanol–water partition coefficient (Wildman–Crippen LogP) is 5.56. The van der Waals surface area contributed by atoms with Crippen molar-refractivity contribution in [1.82, 2.24) is 4.98 Å². The van der Waals surface area contributed by atoms with Crippen LogP contribution in [0.5, 0.6) is 5.75 Å². The zero-order valence-corrected chi connectivity index (χ0v) is 18.3. The van der Waals surface area contributed by atoms with Gasteiger partial charge in [-0.25, -0.2) is 4.39 Å². The van der Waals surface area contributed by atoms with E-state index in [0.29, 0.717) is 17.2 Å². The Labute approximate surface area is 187 Å². The molecule has 0 fully saturated rings. The zero-order chi connectivity index (χ0) is 24.4. The van der Waals surface area contributed by atoms with Crippen LogP contribution in [0.15, 0.2) is 52.4 Å². The molecule has 0 saturated heterocycles. The Morgan fingerprint density at radius 2 is 1.91 bits per heavy atom. The van der Waals surface area contributed by atoms with Gasteiger partial charge in [-0.05, 0) is 55.5 Å². The van der Waals surface area contributed by atoms with Crippen molar-refractivity contribution >= 4 is 22.7 Å². The topological polar surface area (TPSA) is 74.7 Å². The zero-order valence-electron chi connectivity index (χ0n) is 18.3. The van der Waals surface area contributed by atoms with Gasteiger partial charge >= 0.3 is 6.18 Å². The van der Waals surface area contributed by atoms with Crippen molar-refractivity contribution in [3.8, 4) is 5.75 Å². The van der Waals surface area contributed by atoms with Gasteiger partial charge in [0.2, 0.25) is 0 Å². The molecule has 0 saturated carbocycles. The SMILES string of the molecule is CC[C@H](C[C@@](O)(C=Nc1cccc2c(=O)[nH]ccc12)C(F)(F)F)c1ccc(F)c(C)c1OC. The van der Waals surface area contributed by atoms with Gasteiger partial charge in [-0.3, -0.25) is 9.79 Å². The maximum atomic E-state index is 14.0. The fraction of sp³-hybridized carbons (Fsp3) is 0.333. The summed E-state index contributed by atoms with van der Waals surface area (Å²) in [6.45, 7) is 3.15. The highest BCUT2D eigenvalue weighted by Gasteiger charge is 2.53. The minimum Gasteiger partial charge on any atom is -0.496 e. The van der Waals surface area contributed by atoms with Gasteiger partial charge in [0.05, 0.1) is 12.8 Å². The van der Waals surface area contributed by atoms with Gasteiger partial charge in [0, 0.05) is 28.7 Å². The summed E-state index contributed by atoms with van der Waals surface area (Å²) in [4.78, 5) is 18.4. The number of H-pyrrole nitrogens is 1. The molecule has 2 aromatic carbocycles. The molecular weight excluding hydrogens is 440 g/mol. The van der Waals surface area contributed by atoms with Crippen LogP contribution >= 0.6 is 0 Å². The summed E-state index contributed by atoms with van der Waals surface area (Å²) in [5.41, 5.74) is -3.01. The van der Waals surface area contributed by atoms with Crippen LogP contribution in [0.2, 0.25) is 0 Å². The Balaban J connectivity index is 2.05. The van der Waals surface area contributed by atoms with E-state index in [0.717, 1.165) is 0 Å². The van der Waals surface area contributed by atoms with Crippen LogP contribution in [0.4, 0.5) is 23.2 Å². The summed E-state index contributed by atoms with van der Waals surface area (Å²) in [5, 5.41) is 11.3. The molecule has 2 atom stereocenters. The van der Waals surface area contributed by atoms with Crippen LogP contribution in [0.25, 0.3) is 10.8 Å². The Morgan fingerprint density at radius 1 is 1.18 bits per heavy atom. The van der Waals surface area contributed by atoms with Crippen molar-refractivity contribution in [2.45, 2.75) is 44.4 Å². The van der Waals surface area contributed by atoms with Crippen LogP contribution in [-0.2, 0) is 0 Å². The normalized spacial score (nSPS) is 15.0. The number of pyridine rings is 1. The smallest absolute Gasteiger partial charge is 0.422 e. The average molecular weight is 464 g/mol. The van der Waals surface area contributed by atoms with Gasteiger partial charge < -0.3 is 14.8 Å². The number of nitrogens with zero attached hydrogens (tertiary/aromatic N) is 1. The number of ether oxygens (including phenoxy) is 1. The van der Waals surface area contributed by atoms with E-state index < -0.39 is 35.5 Å². The lowest BCUT2D eigenvalue weighted by Crippen LogP contribution is -2.47. The van der Waals surface area contributed by atoms with Crippen LogP contribution in [0, 0.1) is 12.7 Å². The average Bonchev–Trinajstić information content (AvgIpc) is 2.77. The van der Waals surface area contributed by atoms with Gasteiger partial charge in [0.15, 0.2) is 5.60 Å². The van der Waals surface area contributed by atoms with E-state index in [4.69, 9.17) is 4.74 Å². The molecule has 0 radical (unpaired) electrons. The number of fused-ring (bicyclic) bond motifs is 1. The van der Waals surface area contributed by atoms with Crippen LogP contribution in [0.1, 0.15) is 36.8 Å². The highest BCUT2D eigenvalue weighted by Crippen LogP contribution is 2.42. The molecule has 0 spiro atoms. The molecule has 0 bridgehead atoms. The first-order chi connectivity index (χ1) is 15.5. The molecule has 3 rings (SSSR count). The monoisotopic (exact) mass is 464 g/mol.